The topological polar surface area (TPSA) is 77.8 Å². The van der Waals surface area contributed by atoms with Crippen molar-refractivity contribution in [3.05, 3.63) is 159 Å². The molecule has 226 valence electrons. The number of hydrogen-bond donors (Lipinski definition) is 0. The van der Waals surface area contributed by atoms with Crippen LogP contribution >= 0.6 is 0 Å². The summed E-state index contributed by atoms with van der Waals surface area (Å²) < 4.78 is 11.3. The number of pyridine rings is 2. The van der Waals surface area contributed by atoms with Gasteiger partial charge in [0.15, 0.2) is 0 Å². The molecule has 9 aromatic rings. The number of aromatic nitrogens is 4. The highest BCUT2D eigenvalue weighted by atomic mass is 16.3. The van der Waals surface area contributed by atoms with Crippen molar-refractivity contribution >= 4 is 21.5 Å². The van der Waals surface area contributed by atoms with Crippen LogP contribution < -0.4 is 0 Å². The molecular formula is C42H26N4O2. The highest BCUT2D eigenvalue weighted by Crippen LogP contribution is 2.45. The average molecular weight is 619 g/mol. The van der Waals surface area contributed by atoms with Crippen molar-refractivity contribution in [3.8, 4) is 67.4 Å². The summed E-state index contributed by atoms with van der Waals surface area (Å²) in [7, 11) is 0. The van der Waals surface area contributed by atoms with E-state index in [0.29, 0.717) is 11.8 Å². The molecule has 4 heterocycles. The minimum Gasteiger partial charge on any atom is -0.444 e. The largest absolute Gasteiger partial charge is 0.444 e. The molecule has 0 atom stereocenters. The summed E-state index contributed by atoms with van der Waals surface area (Å²) in [6.07, 6.45) is 13.9. The smallest absolute Gasteiger partial charge is 0.227 e. The second-order valence-electron chi connectivity index (χ2n) is 11.6. The number of benzene rings is 5. The molecule has 0 spiro atoms. The van der Waals surface area contributed by atoms with Crippen LogP contribution in [0, 0.1) is 0 Å². The minimum absolute atomic E-state index is 0.530. The molecule has 0 saturated carbocycles. The van der Waals surface area contributed by atoms with Gasteiger partial charge in [0.25, 0.3) is 0 Å². The van der Waals surface area contributed by atoms with Crippen LogP contribution in [0.2, 0.25) is 0 Å². The van der Waals surface area contributed by atoms with Gasteiger partial charge in [-0.05, 0) is 79.2 Å². The molecule has 6 heteroatoms. The monoisotopic (exact) mass is 618 g/mol. The quantitative estimate of drug-likeness (QED) is 0.173. The van der Waals surface area contributed by atoms with Gasteiger partial charge in [0.05, 0.1) is 23.5 Å². The highest BCUT2D eigenvalue weighted by Gasteiger charge is 2.19. The molecule has 9 rings (SSSR count). The lowest BCUT2D eigenvalue weighted by Gasteiger charge is -2.19. The third-order valence-corrected chi connectivity index (χ3v) is 8.74. The summed E-state index contributed by atoms with van der Waals surface area (Å²) in [5, 5.41) is 4.40. The van der Waals surface area contributed by atoms with Crippen molar-refractivity contribution in [1.82, 2.24) is 19.9 Å². The lowest BCUT2D eigenvalue weighted by molar-refractivity contribution is 0.574. The third-order valence-electron chi connectivity index (χ3n) is 8.74. The summed E-state index contributed by atoms with van der Waals surface area (Å²) in [6, 6.07) is 38.6. The Labute approximate surface area is 276 Å². The fourth-order valence-electron chi connectivity index (χ4n) is 6.61. The van der Waals surface area contributed by atoms with Gasteiger partial charge in [-0.3, -0.25) is 9.97 Å². The predicted molar refractivity (Wildman–Crippen MR) is 190 cm³/mol. The number of rotatable bonds is 6. The lowest BCUT2D eigenvalue weighted by atomic mass is 9.85. The van der Waals surface area contributed by atoms with Gasteiger partial charge in [0, 0.05) is 35.9 Å². The van der Waals surface area contributed by atoms with E-state index in [9.17, 15) is 0 Å². The first-order valence-corrected chi connectivity index (χ1v) is 15.6. The Balaban J connectivity index is 1.33. The van der Waals surface area contributed by atoms with Crippen molar-refractivity contribution in [2.75, 3.05) is 0 Å². The van der Waals surface area contributed by atoms with E-state index in [1.807, 2.05) is 18.5 Å². The third kappa shape index (κ3) is 4.84. The highest BCUT2D eigenvalue weighted by molar-refractivity contribution is 6.22. The second-order valence-corrected chi connectivity index (χ2v) is 11.6. The first-order chi connectivity index (χ1) is 23.8. The molecule has 0 aliphatic carbocycles. The molecule has 48 heavy (non-hydrogen) atoms. The van der Waals surface area contributed by atoms with Crippen molar-refractivity contribution in [2.24, 2.45) is 0 Å². The van der Waals surface area contributed by atoms with Crippen LogP contribution in [-0.2, 0) is 0 Å². The zero-order valence-electron chi connectivity index (χ0n) is 25.6. The summed E-state index contributed by atoms with van der Waals surface area (Å²) in [5.41, 5.74) is 10.4. The van der Waals surface area contributed by atoms with Crippen LogP contribution in [0.1, 0.15) is 0 Å². The van der Waals surface area contributed by atoms with E-state index in [1.165, 1.54) is 11.1 Å². The molecule has 5 aromatic carbocycles. The van der Waals surface area contributed by atoms with Crippen LogP contribution in [0.25, 0.3) is 89.0 Å². The molecule has 0 amide bonds. The van der Waals surface area contributed by atoms with Crippen LogP contribution in [-0.4, -0.2) is 19.9 Å². The van der Waals surface area contributed by atoms with Gasteiger partial charge in [0.1, 0.15) is 12.5 Å². The first kappa shape index (κ1) is 27.6. The molecule has 0 saturated heterocycles. The van der Waals surface area contributed by atoms with Gasteiger partial charge in [-0.25, -0.2) is 9.97 Å². The number of hydrogen-bond acceptors (Lipinski definition) is 6. The van der Waals surface area contributed by atoms with E-state index in [2.05, 4.69) is 123 Å². The molecule has 0 N–H and O–H groups in total. The normalized spacial score (nSPS) is 11.3. The Morgan fingerprint density at radius 2 is 0.833 bits per heavy atom. The van der Waals surface area contributed by atoms with E-state index in [0.717, 1.165) is 66.1 Å². The summed E-state index contributed by atoms with van der Waals surface area (Å²) >= 11 is 0. The Hall–Kier alpha value is -6.66. The molecule has 0 fully saturated rings. The molecule has 4 aromatic heterocycles. The van der Waals surface area contributed by atoms with Gasteiger partial charge >= 0.3 is 0 Å². The fourth-order valence-corrected chi connectivity index (χ4v) is 6.61. The number of fused-ring (bicyclic) bond motifs is 2. The van der Waals surface area contributed by atoms with Gasteiger partial charge in [0.2, 0.25) is 11.8 Å². The summed E-state index contributed by atoms with van der Waals surface area (Å²) in [4.78, 5) is 18.0. The molecule has 0 bridgehead atoms. The Bertz CT molecular complexity index is 2560. The fraction of sp³-hybridized carbons (Fsp3) is 0. The maximum absolute atomic E-state index is 5.66. The zero-order valence-corrected chi connectivity index (χ0v) is 25.6. The molecular weight excluding hydrogens is 592 g/mol. The van der Waals surface area contributed by atoms with Crippen LogP contribution in [0.4, 0.5) is 0 Å². The van der Waals surface area contributed by atoms with E-state index in [1.54, 1.807) is 37.3 Å². The van der Waals surface area contributed by atoms with Gasteiger partial charge in [-0.2, -0.15) is 0 Å². The Kier molecular flexibility index (Phi) is 6.68. The van der Waals surface area contributed by atoms with Crippen molar-refractivity contribution in [3.63, 3.8) is 0 Å². The SMILES string of the molecule is c1ccc(-c2cccc(-c3ccc4c(-c5cncc(-c6ncco6)c5)c5ccccc5c(-c5cncc(-c6ncco6)c5)c4c3)c2)cc1. The van der Waals surface area contributed by atoms with Gasteiger partial charge < -0.3 is 8.83 Å². The molecule has 0 unspecified atom stereocenters. The molecule has 6 nitrogen and oxygen atoms in total. The van der Waals surface area contributed by atoms with Crippen LogP contribution in [0.5, 0.6) is 0 Å². The molecule has 0 aliphatic heterocycles. The van der Waals surface area contributed by atoms with E-state index in [4.69, 9.17) is 8.83 Å². The average Bonchev–Trinajstić information content (AvgIpc) is 3.90. The molecule has 0 aliphatic rings. The van der Waals surface area contributed by atoms with Crippen molar-refractivity contribution < 1.29 is 8.83 Å². The predicted octanol–water partition coefficient (Wildman–Crippen LogP) is 10.8. The Morgan fingerprint density at radius 1 is 0.354 bits per heavy atom. The van der Waals surface area contributed by atoms with E-state index in [-0.39, 0.29) is 0 Å². The van der Waals surface area contributed by atoms with Crippen molar-refractivity contribution in [2.45, 2.75) is 0 Å². The van der Waals surface area contributed by atoms with Crippen LogP contribution in [0.15, 0.2) is 168 Å². The van der Waals surface area contributed by atoms with Crippen molar-refractivity contribution in [1.29, 1.82) is 0 Å². The van der Waals surface area contributed by atoms with Crippen LogP contribution in [0.3, 0.4) is 0 Å². The summed E-state index contributed by atoms with van der Waals surface area (Å²) in [5.74, 6) is 1.06. The number of nitrogens with zero attached hydrogens (tertiary/aromatic N) is 4. The Morgan fingerprint density at radius 3 is 1.44 bits per heavy atom. The zero-order chi connectivity index (χ0) is 31.9. The molecule has 0 radical (unpaired) electrons. The number of oxazole rings is 2. The maximum atomic E-state index is 5.66. The summed E-state index contributed by atoms with van der Waals surface area (Å²) in [6.45, 7) is 0. The standard InChI is InChI=1S/C42H26N4O2/c1-2-7-27(8-3-1)28-9-6-10-29(19-28)30-13-14-37-38(22-30)40(32-21-34(26-44-24-32)42-46-16-18-48-42)36-12-5-4-11-35(36)39(37)31-20-33(25-43-23-31)41-45-15-17-47-41/h1-26H. The second kappa shape index (κ2) is 11.6. The minimum atomic E-state index is 0.530. The van der Waals surface area contributed by atoms with Gasteiger partial charge in [-0.15, -0.1) is 0 Å². The van der Waals surface area contributed by atoms with E-state index >= 15 is 0 Å². The first-order valence-electron chi connectivity index (χ1n) is 15.6. The van der Waals surface area contributed by atoms with Gasteiger partial charge in [-0.1, -0.05) is 84.9 Å². The maximum Gasteiger partial charge on any atom is 0.227 e. The van der Waals surface area contributed by atoms with E-state index < -0.39 is 0 Å². The lowest BCUT2D eigenvalue weighted by Crippen LogP contribution is -1.94.